The van der Waals surface area contributed by atoms with Gasteiger partial charge in [0.15, 0.2) is 0 Å². The second kappa shape index (κ2) is 5.39. The maximum absolute atomic E-state index is 5.77. The molecule has 0 radical (unpaired) electrons. The first-order valence-electron chi connectivity index (χ1n) is 6.17. The van der Waals surface area contributed by atoms with Crippen LogP contribution in [-0.2, 0) is 9.47 Å². The fraction of sp³-hybridized carbons (Fsp3) is 0.333. The molecule has 0 spiro atoms. The van der Waals surface area contributed by atoms with Gasteiger partial charge in [-0.25, -0.2) is 0 Å². The number of benzene rings is 2. The van der Waals surface area contributed by atoms with Crippen LogP contribution in [0.25, 0.3) is 10.8 Å². The summed E-state index contributed by atoms with van der Waals surface area (Å²) < 4.78 is 11.3. The molecule has 3 rings (SSSR count). The van der Waals surface area contributed by atoms with Crippen LogP contribution in [0, 0.1) is 0 Å². The van der Waals surface area contributed by atoms with Crippen molar-refractivity contribution in [1.82, 2.24) is 0 Å². The molecule has 2 aromatic rings. The lowest BCUT2D eigenvalue weighted by Crippen LogP contribution is -2.31. The monoisotopic (exact) mass is 306 g/mol. The van der Waals surface area contributed by atoms with E-state index in [0.717, 1.165) is 0 Å². The molecule has 2 unspecified atom stereocenters. The highest BCUT2D eigenvalue weighted by Gasteiger charge is 2.25. The van der Waals surface area contributed by atoms with Gasteiger partial charge in [-0.3, -0.25) is 0 Å². The Kier molecular flexibility index (Phi) is 3.64. The van der Waals surface area contributed by atoms with Crippen molar-refractivity contribution in [2.75, 3.05) is 19.8 Å². The lowest BCUT2D eigenvalue weighted by atomic mass is 10.00. The summed E-state index contributed by atoms with van der Waals surface area (Å²) in [6.07, 6.45) is 0.0876. The zero-order valence-electron chi connectivity index (χ0n) is 10.0. The van der Waals surface area contributed by atoms with Crippen LogP contribution in [-0.4, -0.2) is 25.9 Å². The molecule has 1 saturated heterocycles. The van der Waals surface area contributed by atoms with Crippen molar-refractivity contribution in [3.63, 3.8) is 0 Å². The van der Waals surface area contributed by atoms with E-state index >= 15 is 0 Å². The molecule has 18 heavy (non-hydrogen) atoms. The summed E-state index contributed by atoms with van der Waals surface area (Å²) in [6, 6.07) is 14.8. The van der Waals surface area contributed by atoms with E-state index in [1.165, 1.54) is 16.3 Å². The lowest BCUT2D eigenvalue weighted by molar-refractivity contribution is -0.0875. The third-order valence-corrected chi connectivity index (χ3v) is 4.37. The van der Waals surface area contributed by atoms with Gasteiger partial charge >= 0.3 is 0 Å². The van der Waals surface area contributed by atoms with Crippen LogP contribution in [0.2, 0.25) is 0 Å². The van der Waals surface area contributed by atoms with Crippen molar-refractivity contribution in [3.05, 3.63) is 48.0 Å². The van der Waals surface area contributed by atoms with Gasteiger partial charge in [-0.15, -0.1) is 0 Å². The van der Waals surface area contributed by atoms with Crippen molar-refractivity contribution in [1.29, 1.82) is 0 Å². The van der Waals surface area contributed by atoms with E-state index in [1.807, 2.05) is 0 Å². The Morgan fingerprint density at radius 3 is 2.72 bits per heavy atom. The normalized spacial score (nSPS) is 21.9. The minimum absolute atomic E-state index is 0.0876. The summed E-state index contributed by atoms with van der Waals surface area (Å²) >= 11 is 3.76. The van der Waals surface area contributed by atoms with E-state index in [4.69, 9.17) is 9.47 Å². The average molecular weight is 307 g/mol. The number of hydrogen-bond donors (Lipinski definition) is 0. The maximum Gasteiger partial charge on any atom is 0.0975 e. The Balaban J connectivity index is 1.97. The molecule has 2 aromatic carbocycles. The summed E-state index contributed by atoms with van der Waals surface area (Å²) in [4.78, 5) is 0.170. The van der Waals surface area contributed by atoms with E-state index < -0.39 is 0 Å². The SMILES string of the molecule is BrC(c1cccc2ccccc12)C1COCCO1. The Hall–Kier alpha value is -0.900. The smallest absolute Gasteiger partial charge is 0.0975 e. The molecule has 2 nitrogen and oxygen atoms in total. The first-order chi connectivity index (χ1) is 8.86. The van der Waals surface area contributed by atoms with Gasteiger partial charge in [0, 0.05) is 0 Å². The van der Waals surface area contributed by atoms with Crippen LogP contribution in [0.1, 0.15) is 10.4 Å². The fourth-order valence-electron chi connectivity index (χ4n) is 2.37. The highest BCUT2D eigenvalue weighted by Crippen LogP contribution is 2.34. The number of fused-ring (bicyclic) bond motifs is 1. The van der Waals surface area contributed by atoms with Gasteiger partial charge in [0.1, 0.15) is 0 Å². The Morgan fingerprint density at radius 2 is 1.89 bits per heavy atom. The highest BCUT2D eigenvalue weighted by molar-refractivity contribution is 9.09. The summed E-state index contributed by atoms with van der Waals surface area (Å²) in [7, 11) is 0. The van der Waals surface area contributed by atoms with E-state index in [0.29, 0.717) is 19.8 Å². The molecule has 0 bridgehead atoms. The molecule has 0 aromatic heterocycles. The summed E-state index contributed by atoms with van der Waals surface area (Å²) in [5, 5.41) is 2.53. The van der Waals surface area contributed by atoms with Crippen LogP contribution in [0.3, 0.4) is 0 Å². The second-order valence-electron chi connectivity index (χ2n) is 4.45. The van der Waals surface area contributed by atoms with Gasteiger partial charge in [-0.05, 0) is 16.3 Å². The zero-order chi connectivity index (χ0) is 12.4. The molecule has 0 N–H and O–H groups in total. The molecule has 1 fully saturated rings. The van der Waals surface area contributed by atoms with Crippen LogP contribution in [0.15, 0.2) is 42.5 Å². The first-order valence-corrected chi connectivity index (χ1v) is 7.09. The molecule has 1 aliphatic rings. The molecule has 0 aliphatic carbocycles. The number of alkyl halides is 1. The standard InChI is InChI=1S/C15H15BrO2/c16-15(14-10-17-8-9-18-14)13-7-3-5-11-4-1-2-6-12(11)13/h1-7,14-15H,8-10H2. The van der Waals surface area contributed by atoms with Crippen LogP contribution in [0.4, 0.5) is 0 Å². The van der Waals surface area contributed by atoms with Crippen LogP contribution >= 0.6 is 15.9 Å². The van der Waals surface area contributed by atoms with Gasteiger partial charge in [0.25, 0.3) is 0 Å². The van der Waals surface area contributed by atoms with Crippen LogP contribution < -0.4 is 0 Å². The van der Waals surface area contributed by atoms with Crippen molar-refractivity contribution >= 4 is 26.7 Å². The van der Waals surface area contributed by atoms with E-state index in [2.05, 4.69) is 58.4 Å². The largest absolute Gasteiger partial charge is 0.376 e. The molecule has 1 aliphatic heterocycles. The topological polar surface area (TPSA) is 18.5 Å². The summed E-state index contributed by atoms with van der Waals surface area (Å²) in [6.45, 7) is 2.03. The number of rotatable bonds is 2. The van der Waals surface area contributed by atoms with E-state index in [9.17, 15) is 0 Å². The predicted octanol–water partition coefficient (Wildman–Crippen LogP) is 3.69. The van der Waals surface area contributed by atoms with Crippen molar-refractivity contribution < 1.29 is 9.47 Å². The van der Waals surface area contributed by atoms with E-state index in [-0.39, 0.29) is 10.9 Å². The quantitative estimate of drug-likeness (QED) is 0.788. The minimum atomic E-state index is 0.0876. The third-order valence-electron chi connectivity index (χ3n) is 3.29. The van der Waals surface area contributed by atoms with Crippen molar-refractivity contribution in [2.24, 2.45) is 0 Å². The molecular formula is C15H15BrO2. The third kappa shape index (κ3) is 2.30. The number of hydrogen-bond acceptors (Lipinski definition) is 2. The molecule has 0 saturated carbocycles. The van der Waals surface area contributed by atoms with Crippen molar-refractivity contribution in [2.45, 2.75) is 10.9 Å². The zero-order valence-corrected chi connectivity index (χ0v) is 11.6. The average Bonchev–Trinajstić information content (AvgIpc) is 2.47. The van der Waals surface area contributed by atoms with Gasteiger partial charge in [0.2, 0.25) is 0 Å². The summed E-state index contributed by atoms with van der Waals surface area (Å²) in [5.41, 5.74) is 1.27. The number of halogens is 1. The molecular weight excluding hydrogens is 292 g/mol. The Labute approximate surface area is 115 Å². The Bertz CT molecular complexity index is 530. The second-order valence-corrected chi connectivity index (χ2v) is 5.44. The molecule has 3 heteroatoms. The lowest BCUT2D eigenvalue weighted by Gasteiger charge is -2.27. The molecule has 1 heterocycles. The molecule has 2 atom stereocenters. The van der Waals surface area contributed by atoms with Gasteiger partial charge in [-0.2, -0.15) is 0 Å². The van der Waals surface area contributed by atoms with Gasteiger partial charge < -0.3 is 9.47 Å². The molecule has 0 amide bonds. The predicted molar refractivity (Wildman–Crippen MR) is 76.2 cm³/mol. The minimum Gasteiger partial charge on any atom is -0.376 e. The Morgan fingerprint density at radius 1 is 1.06 bits per heavy atom. The van der Waals surface area contributed by atoms with Gasteiger partial charge in [0.05, 0.1) is 30.8 Å². The first kappa shape index (κ1) is 12.2. The maximum atomic E-state index is 5.77. The summed E-state index contributed by atoms with van der Waals surface area (Å²) in [5.74, 6) is 0. The molecule has 94 valence electrons. The van der Waals surface area contributed by atoms with Gasteiger partial charge in [-0.1, -0.05) is 58.4 Å². The number of ether oxygens (including phenoxy) is 2. The fourth-order valence-corrected chi connectivity index (χ4v) is 3.07. The van der Waals surface area contributed by atoms with E-state index in [1.54, 1.807) is 0 Å². The van der Waals surface area contributed by atoms with Crippen molar-refractivity contribution in [3.8, 4) is 0 Å². The highest BCUT2D eigenvalue weighted by atomic mass is 79.9. The van der Waals surface area contributed by atoms with Crippen LogP contribution in [0.5, 0.6) is 0 Å².